The zero-order valence-electron chi connectivity index (χ0n) is 10.8. The largest absolute Gasteiger partial charge is 0.480 e. The van der Waals surface area contributed by atoms with Gasteiger partial charge in [0.25, 0.3) is 0 Å². The van der Waals surface area contributed by atoms with Gasteiger partial charge in [-0.25, -0.2) is 8.42 Å². The van der Waals surface area contributed by atoms with E-state index in [0.717, 1.165) is 4.31 Å². The molecule has 0 aromatic heterocycles. The first-order valence-corrected chi connectivity index (χ1v) is 7.02. The van der Waals surface area contributed by atoms with Crippen molar-refractivity contribution in [2.75, 3.05) is 25.5 Å². The Kier molecular flexibility index (Phi) is 6.08. The molecule has 6 nitrogen and oxygen atoms in total. The fourth-order valence-corrected chi connectivity index (χ4v) is 2.98. The zero-order valence-corrected chi connectivity index (χ0v) is 11.6. The van der Waals surface area contributed by atoms with Crippen molar-refractivity contribution in [2.45, 2.75) is 33.2 Å². The maximum absolute atomic E-state index is 12.0. The van der Waals surface area contributed by atoms with Crippen molar-refractivity contribution in [3.05, 3.63) is 0 Å². The first-order valence-electron chi connectivity index (χ1n) is 5.41. The Morgan fingerprint density at radius 1 is 1.35 bits per heavy atom. The highest BCUT2D eigenvalue weighted by Gasteiger charge is 2.33. The van der Waals surface area contributed by atoms with Crippen molar-refractivity contribution in [2.24, 2.45) is 0 Å². The number of sulfonamides is 1. The van der Waals surface area contributed by atoms with Crippen LogP contribution in [-0.2, 0) is 19.6 Å². The molecule has 0 aliphatic rings. The second-order valence-corrected chi connectivity index (χ2v) is 6.60. The van der Waals surface area contributed by atoms with Crippen LogP contribution in [0.1, 0.15) is 27.7 Å². The number of carbonyl (C=O) groups is 1. The van der Waals surface area contributed by atoms with E-state index in [-0.39, 0.29) is 12.4 Å². The average molecular weight is 267 g/mol. The number of carboxylic acids is 1. The number of ether oxygens (including phenoxy) is 1. The van der Waals surface area contributed by atoms with Gasteiger partial charge in [0.2, 0.25) is 10.0 Å². The molecule has 1 N–H and O–H groups in total. The molecule has 0 unspecified atom stereocenters. The molecule has 0 saturated carbocycles. The van der Waals surface area contributed by atoms with E-state index >= 15 is 0 Å². The number of hydrogen-bond acceptors (Lipinski definition) is 4. The third-order valence-electron chi connectivity index (χ3n) is 2.05. The van der Waals surface area contributed by atoms with E-state index in [0.29, 0.717) is 6.61 Å². The predicted octanol–water partition coefficient (Wildman–Crippen LogP) is 0.538. The van der Waals surface area contributed by atoms with Crippen LogP contribution in [-0.4, -0.2) is 54.8 Å². The van der Waals surface area contributed by atoms with Gasteiger partial charge in [-0.2, -0.15) is 4.31 Å². The van der Waals surface area contributed by atoms with Crippen molar-refractivity contribution in [3.8, 4) is 0 Å². The molecule has 7 heteroatoms. The number of hydrogen-bond donors (Lipinski definition) is 1. The van der Waals surface area contributed by atoms with Crippen LogP contribution in [0.2, 0.25) is 0 Å². The SMILES string of the molecule is CCOCCS(=O)(=O)N(CC(=O)O)C(C)(C)C. The zero-order chi connectivity index (χ0) is 13.7. The smallest absolute Gasteiger partial charge is 0.318 e. The molecule has 0 heterocycles. The quantitative estimate of drug-likeness (QED) is 0.680. The summed E-state index contributed by atoms with van der Waals surface area (Å²) in [7, 11) is -3.62. The van der Waals surface area contributed by atoms with E-state index < -0.39 is 28.1 Å². The van der Waals surface area contributed by atoms with Gasteiger partial charge in [0, 0.05) is 12.1 Å². The van der Waals surface area contributed by atoms with Gasteiger partial charge < -0.3 is 9.84 Å². The van der Waals surface area contributed by atoms with E-state index in [1.165, 1.54) is 0 Å². The first-order chi connectivity index (χ1) is 7.61. The lowest BCUT2D eigenvalue weighted by molar-refractivity contribution is -0.138. The normalized spacial score (nSPS) is 13.0. The molecule has 0 radical (unpaired) electrons. The molecule has 0 aromatic carbocycles. The van der Waals surface area contributed by atoms with Crippen molar-refractivity contribution in [1.29, 1.82) is 0 Å². The molecule has 0 saturated heterocycles. The molecule has 0 aromatic rings. The standard InChI is InChI=1S/C10H21NO5S/c1-5-16-6-7-17(14,15)11(8-9(12)13)10(2,3)4/h5-8H2,1-4H3,(H,12,13). The predicted molar refractivity (Wildman–Crippen MR) is 64.4 cm³/mol. The lowest BCUT2D eigenvalue weighted by Gasteiger charge is -2.33. The molecule has 102 valence electrons. The van der Waals surface area contributed by atoms with Gasteiger partial charge in [0.05, 0.1) is 12.4 Å². The van der Waals surface area contributed by atoms with Crippen LogP contribution in [0.3, 0.4) is 0 Å². The maximum Gasteiger partial charge on any atom is 0.318 e. The monoisotopic (exact) mass is 267 g/mol. The molecule has 0 aliphatic heterocycles. The van der Waals surface area contributed by atoms with Gasteiger partial charge in [-0.3, -0.25) is 4.79 Å². The Labute approximate surface area is 103 Å². The minimum absolute atomic E-state index is 0.0744. The van der Waals surface area contributed by atoms with Crippen LogP contribution in [0.15, 0.2) is 0 Å². The minimum atomic E-state index is -3.62. The molecule has 0 atom stereocenters. The van der Waals surface area contributed by atoms with Crippen molar-refractivity contribution in [3.63, 3.8) is 0 Å². The second kappa shape index (κ2) is 6.32. The minimum Gasteiger partial charge on any atom is -0.480 e. The summed E-state index contributed by atoms with van der Waals surface area (Å²) >= 11 is 0. The topological polar surface area (TPSA) is 83.9 Å². The van der Waals surface area contributed by atoms with Gasteiger partial charge in [-0.1, -0.05) is 0 Å². The molecule has 0 aliphatic carbocycles. The van der Waals surface area contributed by atoms with Gasteiger partial charge >= 0.3 is 5.97 Å². The third kappa shape index (κ3) is 5.99. The summed E-state index contributed by atoms with van der Waals surface area (Å²) in [5.74, 6) is -1.37. The Balaban J connectivity index is 4.85. The lowest BCUT2D eigenvalue weighted by Crippen LogP contribution is -2.49. The fraction of sp³-hybridized carbons (Fsp3) is 0.900. The van der Waals surface area contributed by atoms with E-state index in [4.69, 9.17) is 9.84 Å². The Bertz CT molecular complexity index is 344. The molecule has 0 rings (SSSR count). The van der Waals surface area contributed by atoms with Crippen molar-refractivity contribution >= 4 is 16.0 Å². The summed E-state index contributed by atoms with van der Waals surface area (Å²) < 4.78 is 29.9. The average Bonchev–Trinajstić information content (AvgIpc) is 2.12. The maximum atomic E-state index is 12.0. The molecule has 0 bridgehead atoms. The van der Waals surface area contributed by atoms with Crippen molar-refractivity contribution in [1.82, 2.24) is 4.31 Å². The number of carboxylic acid groups (broad SMARTS) is 1. The third-order valence-corrected chi connectivity index (χ3v) is 4.08. The number of rotatable bonds is 7. The number of nitrogens with zero attached hydrogens (tertiary/aromatic N) is 1. The van der Waals surface area contributed by atoms with Crippen LogP contribution in [0.25, 0.3) is 0 Å². The molecule has 17 heavy (non-hydrogen) atoms. The van der Waals surface area contributed by atoms with E-state index in [1.807, 2.05) is 0 Å². The second-order valence-electron chi connectivity index (χ2n) is 4.58. The Morgan fingerprint density at radius 3 is 2.24 bits per heavy atom. The lowest BCUT2D eigenvalue weighted by atomic mass is 10.1. The summed E-state index contributed by atoms with van der Waals surface area (Å²) in [6.45, 7) is 6.73. The van der Waals surface area contributed by atoms with Crippen LogP contribution < -0.4 is 0 Å². The van der Waals surface area contributed by atoms with Gasteiger partial charge in [0.15, 0.2) is 0 Å². The molecule has 0 amide bonds. The highest BCUT2D eigenvalue weighted by Crippen LogP contribution is 2.18. The van der Waals surface area contributed by atoms with Gasteiger partial charge in [-0.05, 0) is 27.7 Å². The Morgan fingerprint density at radius 2 is 1.88 bits per heavy atom. The summed E-state index contributed by atoms with van der Waals surface area (Å²) in [6, 6.07) is 0. The fourth-order valence-electron chi connectivity index (χ4n) is 1.29. The summed E-state index contributed by atoms with van der Waals surface area (Å²) in [5.41, 5.74) is -0.760. The van der Waals surface area contributed by atoms with E-state index in [1.54, 1.807) is 27.7 Å². The highest BCUT2D eigenvalue weighted by molar-refractivity contribution is 7.89. The summed E-state index contributed by atoms with van der Waals surface area (Å²) in [4.78, 5) is 10.7. The highest BCUT2D eigenvalue weighted by atomic mass is 32.2. The van der Waals surface area contributed by atoms with Crippen LogP contribution in [0, 0.1) is 0 Å². The Hall–Kier alpha value is -0.660. The number of aliphatic carboxylic acids is 1. The van der Waals surface area contributed by atoms with E-state index in [9.17, 15) is 13.2 Å². The molecule has 0 spiro atoms. The first kappa shape index (κ1) is 16.3. The summed E-state index contributed by atoms with van der Waals surface area (Å²) in [5, 5.41) is 8.74. The van der Waals surface area contributed by atoms with Crippen molar-refractivity contribution < 1.29 is 23.1 Å². The van der Waals surface area contributed by atoms with Gasteiger partial charge in [-0.15, -0.1) is 0 Å². The van der Waals surface area contributed by atoms with Crippen LogP contribution in [0.5, 0.6) is 0 Å². The van der Waals surface area contributed by atoms with Crippen LogP contribution in [0.4, 0.5) is 0 Å². The molecular formula is C10H21NO5S. The summed E-state index contributed by atoms with van der Waals surface area (Å²) in [6.07, 6.45) is 0. The van der Waals surface area contributed by atoms with E-state index in [2.05, 4.69) is 0 Å². The molecule has 0 fully saturated rings. The molecular weight excluding hydrogens is 246 g/mol. The van der Waals surface area contributed by atoms with Crippen LogP contribution >= 0.6 is 0 Å². The van der Waals surface area contributed by atoms with Gasteiger partial charge in [0.1, 0.15) is 6.54 Å².